The third-order valence-corrected chi connectivity index (χ3v) is 8.66. The Bertz CT molecular complexity index is 1510. The first-order valence-electron chi connectivity index (χ1n) is 14.9. The van der Waals surface area contributed by atoms with E-state index < -0.39 is 0 Å². The number of nitrogens with one attached hydrogen (secondary N) is 1. The first-order chi connectivity index (χ1) is 21.1. The minimum absolute atomic E-state index is 0.0367. The van der Waals surface area contributed by atoms with E-state index in [1.807, 2.05) is 71.6 Å². The number of ether oxygens (including phenoxy) is 1. The van der Waals surface area contributed by atoms with Gasteiger partial charge in [0.2, 0.25) is 5.91 Å². The van der Waals surface area contributed by atoms with E-state index in [0.717, 1.165) is 54.1 Å². The number of methoxy groups -OCH3 is 1. The highest BCUT2D eigenvalue weighted by molar-refractivity contribution is 7.09. The second kappa shape index (κ2) is 15.3. The fourth-order valence-corrected chi connectivity index (χ4v) is 6.00. The van der Waals surface area contributed by atoms with Crippen molar-refractivity contribution in [1.29, 1.82) is 0 Å². The second-order valence-electron chi connectivity index (χ2n) is 10.8. The summed E-state index contributed by atoms with van der Waals surface area (Å²) in [4.78, 5) is 31.8. The zero-order chi connectivity index (χ0) is 29.9. The van der Waals surface area contributed by atoms with Crippen molar-refractivity contribution in [3.8, 4) is 16.9 Å². The number of hydrogen-bond acceptors (Lipinski definition) is 5. The molecule has 43 heavy (non-hydrogen) atoms. The van der Waals surface area contributed by atoms with Crippen molar-refractivity contribution in [3.05, 3.63) is 118 Å². The summed E-state index contributed by atoms with van der Waals surface area (Å²) in [5.41, 5.74) is 4.62. The van der Waals surface area contributed by atoms with E-state index in [0.29, 0.717) is 25.2 Å². The molecule has 222 valence electrons. The van der Waals surface area contributed by atoms with Crippen LogP contribution in [0, 0.1) is 0 Å². The van der Waals surface area contributed by atoms with Crippen LogP contribution in [0.4, 0.5) is 0 Å². The van der Waals surface area contributed by atoms with Crippen LogP contribution in [-0.2, 0) is 17.8 Å². The molecule has 3 aromatic carbocycles. The number of amides is 2. The van der Waals surface area contributed by atoms with E-state index in [-0.39, 0.29) is 11.8 Å². The first kappa shape index (κ1) is 30.3. The lowest BCUT2D eigenvalue weighted by atomic mass is 10.0. The molecule has 1 aromatic heterocycles. The van der Waals surface area contributed by atoms with Gasteiger partial charge in [-0.3, -0.25) is 9.59 Å². The van der Waals surface area contributed by atoms with E-state index in [1.165, 1.54) is 17.7 Å². The van der Waals surface area contributed by atoms with Gasteiger partial charge in [0.25, 0.3) is 5.91 Å². The molecule has 1 saturated heterocycles. The number of benzene rings is 3. The molecule has 0 spiro atoms. The van der Waals surface area contributed by atoms with Crippen molar-refractivity contribution in [2.75, 3.05) is 39.8 Å². The summed E-state index contributed by atoms with van der Waals surface area (Å²) in [6.07, 6.45) is 6.78. The predicted octanol–water partition coefficient (Wildman–Crippen LogP) is 6.53. The largest absolute Gasteiger partial charge is 0.497 e. The van der Waals surface area contributed by atoms with Crippen molar-refractivity contribution in [2.24, 2.45) is 0 Å². The summed E-state index contributed by atoms with van der Waals surface area (Å²) in [6, 6.07) is 27.8. The Morgan fingerprint density at radius 3 is 2.47 bits per heavy atom. The average molecular weight is 594 g/mol. The molecule has 5 rings (SSSR count). The van der Waals surface area contributed by atoms with Gasteiger partial charge < -0.3 is 19.9 Å². The molecule has 1 N–H and O–H groups in total. The molecule has 6 nitrogen and oxygen atoms in total. The topological polar surface area (TPSA) is 61.9 Å². The average Bonchev–Trinajstić information content (AvgIpc) is 3.77. The highest BCUT2D eigenvalue weighted by Gasteiger charge is 2.14. The molecule has 0 unspecified atom stereocenters. The van der Waals surface area contributed by atoms with Gasteiger partial charge in [-0.1, -0.05) is 48.5 Å². The molecule has 4 aromatic rings. The predicted molar refractivity (Wildman–Crippen MR) is 175 cm³/mol. The van der Waals surface area contributed by atoms with Gasteiger partial charge in [-0.2, -0.15) is 0 Å². The van der Waals surface area contributed by atoms with Crippen molar-refractivity contribution in [3.63, 3.8) is 0 Å². The Morgan fingerprint density at radius 2 is 1.72 bits per heavy atom. The van der Waals surface area contributed by atoms with Gasteiger partial charge in [0.05, 0.1) is 7.11 Å². The second-order valence-corrected chi connectivity index (χ2v) is 11.8. The zero-order valence-corrected chi connectivity index (χ0v) is 25.5. The van der Waals surface area contributed by atoms with Gasteiger partial charge >= 0.3 is 0 Å². The van der Waals surface area contributed by atoms with E-state index in [9.17, 15) is 9.59 Å². The lowest BCUT2D eigenvalue weighted by Gasteiger charge is -2.22. The number of rotatable bonds is 13. The lowest BCUT2D eigenvalue weighted by Crippen LogP contribution is -2.33. The van der Waals surface area contributed by atoms with Crippen molar-refractivity contribution >= 4 is 29.2 Å². The fraction of sp³-hybridized carbons (Fsp3) is 0.278. The maximum atomic E-state index is 13.4. The highest BCUT2D eigenvalue weighted by atomic mass is 32.1. The summed E-state index contributed by atoms with van der Waals surface area (Å²) in [5, 5.41) is 5.14. The molecular formula is C36H39N3O3S. The zero-order valence-electron chi connectivity index (χ0n) is 24.7. The first-order valence-corrected chi connectivity index (χ1v) is 15.8. The lowest BCUT2D eigenvalue weighted by molar-refractivity contribution is -0.126. The van der Waals surface area contributed by atoms with Crippen LogP contribution in [0.2, 0.25) is 0 Å². The van der Waals surface area contributed by atoms with E-state index >= 15 is 0 Å². The molecule has 1 fully saturated rings. The molecule has 0 saturated carbocycles. The van der Waals surface area contributed by atoms with Crippen LogP contribution < -0.4 is 10.1 Å². The van der Waals surface area contributed by atoms with Gasteiger partial charge in [0.15, 0.2) is 0 Å². The van der Waals surface area contributed by atoms with Gasteiger partial charge in [0.1, 0.15) is 5.75 Å². The third kappa shape index (κ3) is 8.89. The minimum atomic E-state index is -0.0498. The number of carbonyl (C=O) groups excluding carboxylic acids is 2. The SMILES string of the molecule is COc1ccc(C=CC(=O)N(CCc2cccs2)Cc2cccc(-c3cccc(C(=O)NCCN4CCCC4)c3)c2)cc1. The minimum Gasteiger partial charge on any atom is -0.497 e. The van der Waals surface area contributed by atoms with E-state index in [4.69, 9.17) is 4.74 Å². The third-order valence-electron chi connectivity index (χ3n) is 7.72. The molecule has 1 aliphatic rings. The normalized spacial score (nSPS) is 13.3. The Kier molecular flexibility index (Phi) is 10.8. The molecule has 7 heteroatoms. The molecule has 0 radical (unpaired) electrons. The summed E-state index contributed by atoms with van der Waals surface area (Å²) < 4.78 is 5.24. The van der Waals surface area contributed by atoms with Crippen LogP contribution in [0.1, 0.15) is 39.2 Å². The van der Waals surface area contributed by atoms with Crippen LogP contribution in [0.25, 0.3) is 17.2 Å². The summed E-state index contributed by atoms with van der Waals surface area (Å²) >= 11 is 1.71. The Balaban J connectivity index is 1.27. The maximum absolute atomic E-state index is 13.4. The highest BCUT2D eigenvalue weighted by Crippen LogP contribution is 2.23. The monoisotopic (exact) mass is 593 g/mol. The Labute approximate surface area is 258 Å². The molecular weight excluding hydrogens is 554 g/mol. The van der Waals surface area contributed by atoms with Gasteiger partial charge in [-0.25, -0.2) is 0 Å². The van der Waals surface area contributed by atoms with Gasteiger partial charge in [-0.05, 0) is 102 Å². The summed E-state index contributed by atoms with van der Waals surface area (Å²) in [7, 11) is 1.64. The summed E-state index contributed by atoms with van der Waals surface area (Å²) in [6.45, 7) is 4.89. The smallest absolute Gasteiger partial charge is 0.251 e. The van der Waals surface area contributed by atoms with Crippen LogP contribution >= 0.6 is 11.3 Å². The molecule has 2 heterocycles. The Morgan fingerprint density at radius 1 is 0.953 bits per heavy atom. The van der Waals surface area contributed by atoms with Crippen molar-refractivity contribution < 1.29 is 14.3 Å². The number of nitrogens with zero attached hydrogens (tertiary/aromatic N) is 2. The van der Waals surface area contributed by atoms with Crippen LogP contribution in [0.3, 0.4) is 0 Å². The quantitative estimate of drug-likeness (QED) is 0.179. The molecule has 0 aliphatic carbocycles. The van der Waals surface area contributed by atoms with Crippen molar-refractivity contribution in [1.82, 2.24) is 15.1 Å². The van der Waals surface area contributed by atoms with Crippen LogP contribution in [-0.4, -0.2) is 61.4 Å². The molecule has 0 bridgehead atoms. The maximum Gasteiger partial charge on any atom is 0.251 e. The van der Waals surface area contributed by atoms with Crippen molar-refractivity contribution in [2.45, 2.75) is 25.8 Å². The standard InChI is InChI=1S/C36H39N3O3S/c1-42-33-15-12-28(13-16-33)14-17-35(40)39(22-18-34-11-6-24-43-34)27-29-7-4-8-30(25-29)31-9-5-10-32(26-31)36(41)37-19-23-38-20-2-3-21-38/h4-17,24-26H,2-3,18-23,27H2,1H3,(H,37,41). The molecule has 0 atom stereocenters. The molecule has 2 amide bonds. The number of likely N-dealkylation sites (tertiary alicyclic amines) is 1. The fourth-order valence-electron chi connectivity index (χ4n) is 5.30. The number of carbonyl (C=O) groups is 2. The summed E-state index contributed by atoms with van der Waals surface area (Å²) in [5.74, 6) is 0.696. The molecule has 1 aliphatic heterocycles. The number of hydrogen-bond donors (Lipinski definition) is 1. The van der Waals surface area contributed by atoms with Crippen LogP contribution in [0.15, 0.2) is 96.4 Å². The van der Waals surface area contributed by atoms with Crippen LogP contribution in [0.5, 0.6) is 5.75 Å². The number of thiophene rings is 1. The van der Waals surface area contributed by atoms with E-state index in [1.54, 1.807) is 24.5 Å². The van der Waals surface area contributed by atoms with Gasteiger partial charge in [0, 0.05) is 42.7 Å². The Hall–Kier alpha value is -4.20. The van der Waals surface area contributed by atoms with E-state index in [2.05, 4.69) is 39.9 Å². The van der Waals surface area contributed by atoms with Gasteiger partial charge in [-0.15, -0.1) is 11.3 Å².